The topological polar surface area (TPSA) is 69.8 Å². The standard InChI is InChI=1S/C16H22F2N4OSi/c1-9-13(17)14(18)10-7-11(21-15(10)20-9)16(23)22-12-5-4-6-24(2,3)8-19-12/h7,12,19H,4-6,8H2,1-3H3,(H,20,21)(H,22,23). The molecule has 5 nitrogen and oxygen atoms in total. The van der Waals surface area contributed by atoms with Gasteiger partial charge in [0.1, 0.15) is 11.3 Å². The summed E-state index contributed by atoms with van der Waals surface area (Å²) in [6.07, 6.45) is 2.78. The normalized spacial score (nSPS) is 20.8. The average Bonchev–Trinajstić information content (AvgIpc) is 2.86. The van der Waals surface area contributed by atoms with Crippen molar-refractivity contribution in [2.24, 2.45) is 0 Å². The number of nitrogens with zero attached hydrogens (tertiary/aromatic N) is 1. The minimum Gasteiger partial charge on any atom is -0.335 e. The number of pyridine rings is 1. The zero-order valence-corrected chi connectivity index (χ0v) is 15.1. The Hall–Kier alpha value is -1.80. The highest BCUT2D eigenvalue weighted by molar-refractivity contribution is 6.77. The van der Waals surface area contributed by atoms with Gasteiger partial charge in [0.05, 0.1) is 25.3 Å². The van der Waals surface area contributed by atoms with E-state index in [1.54, 1.807) is 0 Å². The van der Waals surface area contributed by atoms with Gasteiger partial charge in [-0.05, 0) is 25.6 Å². The van der Waals surface area contributed by atoms with E-state index in [9.17, 15) is 13.6 Å². The first-order chi connectivity index (χ1) is 11.3. The molecule has 2 aromatic heterocycles. The van der Waals surface area contributed by atoms with E-state index in [0.717, 1.165) is 19.0 Å². The fourth-order valence-electron chi connectivity index (χ4n) is 3.05. The summed E-state index contributed by atoms with van der Waals surface area (Å²) in [7, 11) is -1.23. The van der Waals surface area contributed by atoms with Crippen molar-refractivity contribution in [2.75, 3.05) is 6.17 Å². The van der Waals surface area contributed by atoms with E-state index in [1.165, 1.54) is 19.0 Å². The molecule has 3 rings (SSSR count). The van der Waals surface area contributed by atoms with E-state index in [-0.39, 0.29) is 34.5 Å². The number of amides is 1. The van der Waals surface area contributed by atoms with E-state index >= 15 is 0 Å². The number of carbonyl (C=O) groups excluding carboxylic acids is 1. The molecule has 1 atom stereocenters. The maximum absolute atomic E-state index is 14.0. The quantitative estimate of drug-likeness (QED) is 0.728. The number of rotatable bonds is 2. The molecule has 0 saturated carbocycles. The van der Waals surface area contributed by atoms with Crippen molar-refractivity contribution in [3.8, 4) is 0 Å². The van der Waals surface area contributed by atoms with Crippen LogP contribution in [0.15, 0.2) is 6.07 Å². The number of halogens is 2. The highest BCUT2D eigenvalue weighted by Gasteiger charge is 2.27. The fourth-order valence-corrected chi connectivity index (χ4v) is 5.19. The van der Waals surface area contributed by atoms with Crippen molar-refractivity contribution in [2.45, 2.75) is 45.1 Å². The molecular formula is C16H22F2N4OSi. The van der Waals surface area contributed by atoms with Crippen LogP contribution in [0.5, 0.6) is 0 Å². The van der Waals surface area contributed by atoms with Crippen molar-refractivity contribution < 1.29 is 13.6 Å². The SMILES string of the molecule is Cc1nc2[nH]c(C(=O)NC3CCC[Si](C)(C)CN3)cc2c(F)c1F. The first kappa shape index (κ1) is 17.0. The van der Waals surface area contributed by atoms with Gasteiger partial charge in [0.15, 0.2) is 11.6 Å². The fraction of sp³-hybridized carbons (Fsp3) is 0.500. The van der Waals surface area contributed by atoms with Crippen LogP contribution in [-0.2, 0) is 0 Å². The predicted molar refractivity (Wildman–Crippen MR) is 91.5 cm³/mol. The van der Waals surface area contributed by atoms with Crippen LogP contribution in [0, 0.1) is 18.6 Å². The zero-order chi connectivity index (χ0) is 17.5. The van der Waals surface area contributed by atoms with E-state index in [0.29, 0.717) is 0 Å². The number of H-pyrrole nitrogens is 1. The largest absolute Gasteiger partial charge is 0.335 e. The van der Waals surface area contributed by atoms with Gasteiger partial charge in [-0.3, -0.25) is 4.79 Å². The van der Waals surface area contributed by atoms with Crippen LogP contribution in [0.3, 0.4) is 0 Å². The number of fused-ring (bicyclic) bond motifs is 1. The summed E-state index contributed by atoms with van der Waals surface area (Å²) in [6.45, 7) is 6.04. The minimum atomic E-state index is -1.23. The molecule has 1 unspecified atom stereocenters. The Morgan fingerprint density at radius 3 is 2.88 bits per heavy atom. The van der Waals surface area contributed by atoms with Crippen molar-refractivity contribution in [1.82, 2.24) is 20.6 Å². The molecule has 3 N–H and O–H groups in total. The summed E-state index contributed by atoms with van der Waals surface area (Å²) < 4.78 is 27.6. The van der Waals surface area contributed by atoms with Crippen LogP contribution in [0.4, 0.5) is 8.78 Å². The smallest absolute Gasteiger partial charge is 0.268 e. The van der Waals surface area contributed by atoms with Crippen LogP contribution >= 0.6 is 0 Å². The minimum absolute atomic E-state index is 0.00869. The molecule has 1 fully saturated rings. The Morgan fingerprint density at radius 2 is 2.12 bits per heavy atom. The lowest BCUT2D eigenvalue weighted by Crippen LogP contribution is -2.49. The average molecular weight is 352 g/mol. The van der Waals surface area contributed by atoms with Gasteiger partial charge in [-0.2, -0.15) is 0 Å². The molecule has 1 aliphatic rings. The summed E-state index contributed by atoms with van der Waals surface area (Å²) >= 11 is 0. The van der Waals surface area contributed by atoms with Crippen LogP contribution in [0.1, 0.15) is 29.0 Å². The lowest BCUT2D eigenvalue weighted by molar-refractivity contribution is 0.0924. The Morgan fingerprint density at radius 1 is 1.38 bits per heavy atom. The number of aromatic nitrogens is 2. The Balaban J connectivity index is 1.78. The maximum atomic E-state index is 14.0. The Bertz CT molecular complexity index is 790. The first-order valence-corrected chi connectivity index (χ1v) is 11.6. The summed E-state index contributed by atoms with van der Waals surface area (Å²) in [5.74, 6) is -2.30. The van der Waals surface area contributed by atoms with E-state index in [4.69, 9.17) is 0 Å². The number of hydrogen-bond acceptors (Lipinski definition) is 3. The number of aromatic amines is 1. The molecule has 3 heterocycles. The van der Waals surface area contributed by atoms with E-state index in [1.807, 2.05) is 0 Å². The molecule has 0 aliphatic carbocycles. The number of carbonyl (C=O) groups is 1. The van der Waals surface area contributed by atoms with Crippen molar-refractivity contribution >= 4 is 25.0 Å². The molecule has 2 aromatic rings. The van der Waals surface area contributed by atoms with Crippen LogP contribution in [0.2, 0.25) is 19.1 Å². The molecule has 1 saturated heterocycles. The lowest BCUT2D eigenvalue weighted by atomic mass is 10.2. The summed E-state index contributed by atoms with van der Waals surface area (Å²) in [4.78, 5) is 19.2. The molecule has 0 bridgehead atoms. The van der Waals surface area contributed by atoms with Gasteiger partial charge >= 0.3 is 0 Å². The van der Waals surface area contributed by atoms with Gasteiger partial charge in [0.25, 0.3) is 5.91 Å². The highest BCUT2D eigenvalue weighted by Crippen LogP contribution is 2.22. The van der Waals surface area contributed by atoms with Crippen LogP contribution in [0.25, 0.3) is 11.0 Å². The second-order valence-corrected chi connectivity index (χ2v) is 12.4. The molecule has 1 aliphatic heterocycles. The molecule has 24 heavy (non-hydrogen) atoms. The van der Waals surface area contributed by atoms with Crippen LogP contribution in [-0.4, -0.2) is 36.3 Å². The third-order valence-electron chi connectivity index (χ3n) is 4.55. The number of aryl methyl sites for hydroxylation is 1. The molecular weight excluding hydrogens is 330 g/mol. The predicted octanol–water partition coefficient (Wildman–Crippen LogP) is 2.84. The maximum Gasteiger partial charge on any atom is 0.268 e. The van der Waals surface area contributed by atoms with Crippen molar-refractivity contribution in [3.63, 3.8) is 0 Å². The number of nitrogens with one attached hydrogen (secondary N) is 3. The Labute approximate surface area is 140 Å². The van der Waals surface area contributed by atoms with Crippen LogP contribution < -0.4 is 10.6 Å². The van der Waals surface area contributed by atoms with Crippen molar-refractivity contribution in [1.29, 1.82) is 0 Å². The molecule has 0 spiro atoms. The van der Waals surface area contributed by atoms with E-state index in [2.05, 4.69) is 33.7 Å². The third-order valence-corrected chi connectivity index (χ3v) is 7.41. The van der Waals surface area contributed by atoms with Gasteiger partial charge in [-0.1, -0.05) is 25.6 Å². The third kappa shape index (κ3) is 3.34. The van der Waals surface area contributed by atoms with Gasteiger partial charge in [0, 0.05) is 0 Å². The molecule has 1 amide bonds. The number of hydrogen-bond donors (Lipinski definition) is 3. The van der Waals surface area contributed by atoms with Gasteiger partial charge < -0.3 is 15.6 Å². The van der Waals surface area contributed by atoms with Gasteiger partial charge in [0.2, 0.25) is 0 Å². The monoisotopic (exact) mass is 352 g/mol. The first-order valence-electron chi connectivity index (χ1n) is 8.15. The summed E-state index contributed by atoms with van der Waals surface area (Å²) in [6, 6.07) is 2.54. The second kappa shape index (κ2) is 6.25. The molecule has 130 valence electrons. The molecule has 0 aromatic carbocycles. The van der Waals surface area contributed by atoms with E-state index < -0.39 is 19.7 Å². The van der Waals surface area contributed by atoms with Gasteiger partial charge in [-0.25, -0.2) is 13.8 Å². The van der Waals surface area contributed by atoms with Crippen molar-refractivity contribution in [3.05, 3.63) is 29.1 Å². The molecule has 0 radical (unpaired) electrons. The summed E-state index contributed by atoms with van der Waals surface area (Å²) in [5.41, 5.74) is 0.328. The molecule has 8 heteroatoms. The highest BCUT2D eigenvalue weighted by atomic mass is 28.3. The Kier molecular flexibility index (Phi) is 4.44. The summed E-state index contributed by atoms with van der Waals surface area (Å²) in [5, 5.41) is 6.31. The zero-order valence-electron chi connectivity index (χ0n) is 14.1. The second-order valence-electron chi connectivity index (χ2n) is 7.23. The lowest BCUT2D eigenvalue weighted by Gasteiger charge is -2.21. The van der Waals surface area contributed by atoms with Gasteiger partial charge in [-0.15, -0.1) is 0 Å².